The van der Waals surface area contributed by atoms with Gasteiger partial charge >= 0.3 is 5.97 Å². The molecule has 116 valence electrons. The van der Waals surface area contributed by atoms with E-state index in [1.54, 1.807) is 35.1 Å². The molecule has 23 heavy (non-hydrogen) atoms. The van der Waals surface area contributed by atoms with Crippen LogP contribution in [0.3, 0.4) is 0 Å². The summed E-state index contributed by atoms with van der Waals surface area (Å²) in [4.78, 5) is 11.6. The van der Waals surface area contributed by atoms with Crippen LogP contribution in [0.15, 0.2) is 66.9 Å². The third-order valence-electron chi connectivity index (χ3n) is 3.33. The van der Waals surface area contributed by atoms with Crippen molar-refractivity contribution in [1.82, 2.24) is 9.78 Å². The van der Waals surface area contributed by atoms with Gasteiger partial charge in [0.1, 0.15) is 6.61 Å². The molecule has 0 spiro atoms. The fourth-order valence-electron chi connectivity index (χ4n) is 2.15. The van der Waals surface area contributed by atoms with Crippen molar-refractivity contribution in [3.8, 4) is 11.6 Å². The van der Waals surface area contributed by atoms with Crippen LogP contribution in [0.1, 0.15) is 15.9 Å². The Hall–Kier alpha value is -3.08. The Morgan fingerprint density at radius 2 is 1.91 bits per heavy atom. The summed E-state index contributed by atoms with van der Waals surface area (Å²) in [5, 5.41) is 4.36. The van der Waals surface area contributed by atoms with Gasteiger partial charge in [-0.3, -0.25) is 0 Å². The zero-order chi connectivity index (χ0) is 16.1. The minimum Gasteiger partial charge on any atom is -0.472 e. The van der Waals surface area contributed by atoms with Gasteiger partial charge in [-0.2, -0.15) is 0 Å². The maximum Gasteiger partial charge on any atom is 0.337 e. The van der Waals surface area contributed by atoms with Crippen molar-refractivity contribution < 1.29 is 14.3 Å². The highest BCUT2D eigenvalue weighted by molar-refractivity contribution is 5.89. The lowest BCUT2D eigenvalue weighted by atomic mass is 10.2. The molecule has 0 saturated carbocycles. The normalized spacial score (nSPS) is 10.3. The summed E-state index contributed by atoms with van der Waals surface area (Å²) < 4.78 is 12.1. The smallest absolute Gasteiger partial charge is 0.337 e. The number of esters is 1. The van der Waals surface area contributed by atoms with Crippen molar-refractivity contribution in [2.45, 2.75) is 6.61 Å². The minimum atomic E-state index is -0.375. The maximum atomic E-state index is 11.6. The SMILES string of the molecule is COC(=O)c1cccc(-n2ccc(OCc3ccccc3)n2)c1. The first-order chi connectivity index (χ1) is 11.3. The van der Waals surface area contributed by atoms with E-state index in [0.29, 0.717) is 18.1 Å². The van der Waals surface area contributed by atoms with Crippen LogP contribution in [0, 0.1) is 0 Å². The van der Waals surface area contributed by atoms with Crippen molar-refractivity contribution in [2.24, 2.45) is 0 Å². The monoisotopic (exact) mass is 308 g/mol. The number of ether oxygens (including phenoxy) is 2. The van der Waals surface area contributed by atoms with Crippen molar-refractivity contribution in [3.63, 3.8) is 0 Å². The molecule has 0 saturated heterocycles. The predicted octanol–water partition coefficient (Wildman–Crippen LogP) is 3.24. The summed E-state index contributed by atoms with van der Waals surface area (Å²) in [6, 6.07) is 18.7. The number of hydrogen-bond donors (Lipinski definition) is 0. The summed E-state index contributed by atoms with van der Waals surface area (Å²) in [7, 11) is 1.36. The van der Waals surface area contributed by atoms with E-state index in [-0.39, 0.29) is 5.97 Å². The number of rotatable bonds is 5. The Kier molecular flexibility index (Phi) is 4.38. The Morgan fingerprint density at radius 3 is 2.70 bits per heavy atom. The molecule has 2 aromatic carbocycles. The van der Waals surface area contributed by atoms with E-state index < -0.39 is 0 Å². The summed E-state index contributed by atoms with van der Waals surface area (Å²) >= 11 is 0. The number of carbonyl (C=O) groups excluding carboxylic acids is 1. The fourth-order valence-corrected chi connectivity index (χ4v) is 2.15. The van der Waals surface area contributed by atoms with Crippen molar-refractivity contribution in [3.05, 3.63) is 78.0 Å². The maximum absolute atomic E-state index is 11.6. The summed E-state index contributed by atoms with van der Waals surface area (Å²) in [6.45, 7) is 0.458. The summed E-state index contributed by atoms with van der Waals surface area (Å²) in [5.41, 5.74) is 2.32. The first-order valence-electron chi connectivity index (χ1n) is 7.17. The highest BCUT2D eigenvalue weighted by atomic mass is 16.5. The Bertz CT molecular complexity index is 797. The molecule has 0 unspecified atom stereocenters. The second-order valence-electron chi connectivity index (χ2n) is 4.91. The molecule has 0 radical (unpaired) electrons. The summed E-state index contributed by atoms with van der Waals surface area (Å²) in [5.74, 6) is 0.150. The lowest BCUT2D eigenvalue weighted by Gasteiger charge is -2.05. The molecule has 3 aromatic rings. The van der Waals surface area contributed by atoms with Crippen LogP contribution in [0.5, 0.6) is 5.88 Å². The molecule has 0 N–H and O–H groups in total. The second-order valence-corrected chi connectivity index (χ2v) is 4.91. The molecule has 0 aliphatic heterocycles. The van der Waals surface area contributed by atoms with Gasteiger partial charge in [0.2, 0.25) is 5.88 Å². The molecule has 0 aliphatic carbocycles. The van der Waals surface area contributed by atoms with Gasteiger partial charge in [-0.25, -0.2) is 9.48 Å². The van der Waals surface area contributed by atoms with E-state index in [9.17, 15) is 4.79 Å². The Labute approximate surface area is 134 Å². The van der Waals surface area contributed by atoms with E-state index in [1.165, 1.54) is 7.11 Å². The van der Waals surface area contributed by atoms with Gasteiger partial charge < -0.3 is 9.47 Å². The van der Waals surface area contributed by atoms with Gasteiger partial charge in [0.05, 0.1) is 18.4 Å². The average molecular weight is 308 g/mol. The van der Waals surface area contributed by atoms with E-state index in [2.05, 4.69) is 5.10 Å². The molecule has 5 heteroatoms. The van der Waals surface area contributed by atoms with Crippen molar-refractivity contribution in [2.75, 3.05) is 7.11 Å². The van der Waals surface area contributed by atoms with Crippen molar-refractivity contribution >= 4 is 5.97 Å². The van der Waals surface area contributed by atoms with Crippen LogP contribution in [0.4, 0.5) is 0 Å². The van der Waals surface area contributed by atoms with E-state index in [1.807, 2.05) is 36.4 Å². The van der Waals surface area contributed by atoms with E-state index >= 15 is 0 Å². The standard InChI is InChI=1S/C18H16N2O3/c1-22-18(21)15-8-5-9-16(12-15)20-11-10-17(19-20)23-13-14-6-3-2-4-7-14/h2-12H,13H2,1H3. The zero-order valence-electron chi connectivity index (χ0n) is 12.7. The van der Waals surface area contributed by atoms with Crippen LogP contribution in [0.2, 0.25) is 0 Å². The molecule has 1 aromatic heterocycles. The molecule has 5 nitrogen and oxygen atoms in total. The highest BCUT2D eigenvalue weighted by Crippen LogP contribution is 2.15. The van der Waals surface area contributed by atoms with Gasteiger partial charge in [-0.05, 0) is 23.8 Å². The van der Waals surface area contributed by atoms with Gasteiger partial charge in [-0.15, -0.1) is 5.10 Å². The second kappa shape index (κ2) is 6.79. The molecule has 3 rings (SSSR count). The van der Waals surface area contributed by atoms with E-state index in [4.69, 9.17) is 9.47 Å². The van der Waals surface area contributed by atoms with Crippen LogP contribution in [-0.2, 0) is 11.3 Å². The molecule has 0 fully saturated rings. The van der Waals surface area contributed by atoms with Crippen LogP contribution in [0.25, 0.3) is 5.69 Å². The van der Waals surface area contributed by atoms with Crippen LogP contribution >= 0.6 is 0 Å². The van der Waals surface area contributed by atoms with Gasteiger partial charge in [0, 0.05) is 12.3 Å². The summed E-state index contributed by atoms with van der Waals surface area (Å²) in [6.07, 6.45) is 1.79. The Morgan fingerprint density at radius 1 is 1.09 bits per heavy atom. The number of methoxy groups -OCH3 is 1. The molecular weight excluding hydrogens is 292 g/mol. The molecule has 0 amide bonds. The number of nitrogens with zero attached hydrogens (tertiary/aromatic N) is 2. The van der Waals surface area contributed by atoms with Crippen molar-refractivity contribution in [1.29, 1.82) is 0 Å². The molecule has 0 atom stereocenters. The lowest BCUT2D eigenvalue weighted by molar-refractivity contribution is 0.0600. The minimum absolute atomic E-state index is 0.375. The molecular formula is C18H16N2O3. The van der Waals surface area contributed by atoms with Gasteiger partial charge in [-0.1, -0.05) is 36.4 Å². The van der Waals surface area contributed by atoms with Gasteiger partial charge in [0.15, 0.2) is 0 Å². The third kappa shape index (κ3) is 3.58. The van der Waals surface area contributed by atoms with E-state index in [0.717, 1.165) is 11.3 Å². The first kappa shape index (κ1) is 14.8. The number of carbonyl (C=O) groups is 1. The number of hydrogen-bond acceptors (Lipinski definition) is 4. The van der Waals surface area contributed by atoms with Crippen LogP contribution < -0.4 is 4.74 Å². The molecule has 0 bridgehead atoms. The van der Waals surface area contributed by atoms with Gasteiger partial charge in [0.25, 0.3) is 0 Å². The number of benzene rings is 2. The lowest BCUT2D eigenvalue weighted by Crippen LogP contribution is -2.03. The topological polar surface area (TPSA) is 53.4 Å². The van der Waals surface area contributed by atoms with Crippen LogP contribution in [-0.4, -0.2) is 22.9 Å². The predicted molar refractivity (Wildman–Crippen MR) is 85.7 cm³/mol. The Balaban J connectivity index is 1.73. The highest BCUT2D eigenvalue weighted by Gasteiger charge is 2.08. The quantitative estimate of drug-likeness (QED) is 0.679. The molecule has 0 aliphatic rings. The largest absolute Gasteiger partial charge is 0.472 e. The third-order valence-corrected chi connectivity index (χ3v) is 3.33. The fraction of sp³-hybridized carbons (Fsp3) is 0.111. The molecule has 1 heterocycles. The first-order valence-corrected chi connectivity index (χ1v) is 7.17. The number of aromatic nitrogens is 2. The average Bonchev–Trinajstić information content (AvgIpc) is 3.09. The zero-order valence-corrected chi connectivity index (χ0v) is 12.7.